The zero-order valence-electron chi connectivity index (χ0n) is 29.5. The second-order valence-electron chi connectivity index (χ2n) is 13.7. The first kappa shape index (κ1) is 40.5. The van der Waals surface area contributed by atoms with Gasteiger partial charge in [-0.1, -0.05) is 57.8 Å². The minimum Gasteiger partial charge on any atom is -0.353 e. The molecule has 1 saturated carbocycles. The molecule has 48 heavy (non-hydrogen) atoms. The molecule has 0 bridgehead atoms. The number of unbranched alkanes of at least 4 members (excludes halogenated alkanes) is 13. The van der Waals surface area contributed by atoms with Crippen LogP contribution in [0.1, 0.15) is 154 Å². The predicted molar refractivity (Wildman–Crippen MR) is 184 cm³/mol. The summed E-state index contributed by atoms with van der Waals surface area (Å²) >= 11 is 0. The van der Waals surface area contributed by atoms with E-state index >= 15 is 0 Å². The molecule has 3 fully saturated rings. The van der Waals surface area contributed by atoms with Gasteiger partial charge in [-0.15, -0.1) is 0 Å². The number of carbonyl (C=O) groups is 2. The van der Waals surface area contributed by atoms with Gasteiger partial charge >= 0.3 is 0 Å². The highest BCUT2D eigenvalue weighted by Crippen LogP contribution is 2.21. The third kappa shape index (κ3) is 18.2. The molecule has 0 spiro atoms. The van der Waals surface area contributed by atoms with Gasteiger partial charge in [-0.2, -0.15) is 0 Å². The van der Waals surface area contributed by atoms with Crippen molar-refractivity contribution >= 4 is 11.8 Å². The third-order valence-corrected chi connectivity index (χ3v) is 9.56. The highest BCUT2D eigenvalue weighted by atomic mass is 19.1. The molecular formula is C38H64F2N2O6. The minimum atomic E-state index is -0.793. The van der Waals surface area contributed by atoms with Crippen molar-refractivity contribution in [1.82, 2.24) is 10.6 Å². The lowest BCUT2D eigenvalue weighted by Gasteiger charge is -2.22. The first-order valence-corrected chi connectivity index (χ1v) is 19.3. The van der Waals surface area contributed by atoms with Crippen molar-refractivity contribution in [3.8, 4) is 0 Å². The molecular weight excluding hydrogens is 618 g/mol. The van der Waals surface area contributed by atoms with Crippen molar-refractivity contribution in [1.29, 1.82) is 0 Å². The van der Waals surface area contributed by atoms with E-state index in [-0.39, 0.29) is 12.6 Å². The van der Waals surface area contributed by atoms with Gasteiger partial charge in [0.25, 0.3) is 11.8 Å². The first-order chi connectivity index (χ1) is 23.5. The van der Waals surface area contributed by atoms with Crippen molar-refractivity contribution in [3.05, 3.63) is 23.8 Å². The number of hydrogen-bond donors (Lipinski definition) is 2. The Morgan fingerprint density at radius 3 is 1.33 bits per heavy atom. The van der Waals surface area contributed by atoms with Gasteiger partial charge in [0.1, 0.15) is 0 Å². The van der Waals surface area contributed by atoms with Crippen molar-refractivity contribution in [2.45, 2.75) is 179 Å². The minimum absolute atomic E-state index is 0.00814. The van der Waals surface area contributed by atoms with E-state index in [0.29, 0.717) is 25.7 Å². The second kappa shape index (κ2) is 26.0. The smallest absolute Gasteiger partial charge is 0.279 e. The van der Waals surface area contributed by atoms with Crippen LogP contribution in [0, 0.1) is 0 Å². The first-order valence-electron chi connectivity index (χ1n) is 19.3. The van der Waals surface area contributed by atoms with Crippen LogP contribution in [0.3, 0.4) is 0 Å². The maximum Gasteiger partial charge on any atom is 0.279 e. The number of allylic oxidation sites excluding steroid dienone is 2. The lowest BCUT2D eigenvalue weighted by molar-refractivity contribution is -0.163. The van der Waals surface area contributed by atoms with E-state index in [1.165, 1.54) is 25.0 Å². The molecule has 1 aliphatic carbocycles. The Kier molecular flexibility index (Phi) is 22.0. The van der Waals surface area contributed by atoms with E-state index in [2.05, 4.69) is 10.6 Å². The zero-order valence-corrected chi connectivity index (χ0v) is 29.5. The Morgan fingerprint density at radius 1 is 0.542 bits per heavy atom. The van der Waals surface area contributed by atoms with E-state index in [9.17, 15) is 18.4 Å². The highest BCUT2D eigenvalue weighted by Gasteiger charge is 2.31. The summed E-state index contributed by atoms with van der Waals surface area (Å²) in [6, 6.07) is -0.816. The zero-order chi connectivity index (χ0) is 34.1. The molecule has 0 aromatic rings. The quantitative estimate of drug-likeness (QED) is 0.0739. The predicted octanol–water partition coefficient (Wildman–Crippen LogP) is 8.78. The standard InChI is InChI=1S/C38H64F2N2O6/c39-31(21-12-8-4-1-2-6-10-16-27-45-35-25-14-18-29-47-35)37(43)41-33-23-20-24-34(33)42-38(44)32(40)22-13-9-5-3-7-11-17-28-46-36-26-15-19-30-48-36/h21-22,33-36H,1-20,23-30H2,(H,41,43)(H,42,44)/b31-21-,32-22+/t33-,34+,35?,36?/m1/s1. The number of hydrogen-bond acceptors (Lipinski definition) is 6. The number of carbonyl (C=O) groups excluding carboxylic acids is 2. The van der Waals surface area contributed by atoms with Crippen LogP contribution < -0.4 is 10.6 Å². The molecule has 3 rings (SSSR count). The van der Waals surface area contributed by atoms with Crippen molar-refractivity contribution < 1.29 is 37.3 Å². The molecule has 2 unspecified atom stereocenters. The van der Waals surface area contributed by atoms with Gasteiger partial charge in [0.2, 0.25) is 0 Å². The van der Waals surface area contributed by atoms with E-state index in [0.717, 1.165) is 142 Å². The van der Waals surface area contributed by atoms with Crippen LogP contribution in [0.4, 0.5) is 8.78 Å². The number of amides is 2. The van der Waals surface area contributed by atoms with Crippen LogP contribution in [0.25, 0.3) is 0 Å². The van der Waals surface area contributed by atoms with Crippen LogP contribution in [0.15, 0.2) is 23.8 Å². The second-order valence-corrected chi connectivity index (χ2v) is 13.7. The summed E-state index contributed by atoms with van der Waals surface area (Å²) in [5, 5.41) is 5.42. The summed E-state index contributed by atoms with van der Waals surface area (Å²) in [6.45, 7) is 3.11. The Bertz CT molecular complexity index is 936. The lowest BCUT2D eigenvalue weighted by Crippen LogP contribution is -2.48. The van der Waals surface area contributed by atoms with E-state index < -0.39 is 35.6 Å². The van der Waals surface area contributed by atoms with Crippen molar-refractivity contribution in [2.75, 3.05) is 26.4 Å². The van der Waals surface area contributed by atoms with Gasteiger partial charge in [-0.05, 0) is 108 Å². The summed E-state index contributed by atoms with van der Waals surface area (Å²) in [5.41, 5.74) is 0. The van der Waals surface area contributed by atoms with E-state index in [1.807, 2.05) is 0 Å². The SMILES string of the molecule is O=C(N[C@@H]1CCC[C@@H]1NC(=O)/C(F)=C\CCCCCCCCOC1CCCCO1)/C(F)=C/CCCCCCCCCOC1CCCCO1. The molecule has 2 heterocycles. The van der Waals surface area contributed by atoms with Crippen LogP contribution in [0.5, 0.6) is 0 Å². The molecule has 4 atom stereocenters. The Balaban J connectivity index is 1.16. The van der Waals surface area contributed by atoms with E-state index in [4.69, 9.17) is 18.9 Å². The fourth-order valence-corrected chi connectivity index (χ4v) is 6.62. The van der Waals surface area contributed by atoms with Gasteiger partial charge in [0.15, 0.2) is 24.2 Å². The Hall–Kier alpha value is -1.88. The van der Waals surface area contributed by atoms with Crippen molar-refractivity contribution in [3.63, 3.8) is 0 Å². The number of ether oxygens (including phenoxy) is 4. The molecule has 0 radical (unpaired) electrons. The van der Waals surface area contributed by atoms with Gasteiger partial charge in [0.05, 0.1) is 0 Å². The summed E-state index contributed by atoms with van der Waals surface area (Å²) in [5.74, 6) is -3.11. The fourth-order valence-electron chi connectivity index (χ4n) is 6.62. The van der Waals surface area contributed by atoms with Crippen LogP contribution in [-0.2, 0) is 28.5 Å². The average molecular weight is 683 g/mol. The topological polar surface area (TPSA) is 95.1 Å². The Morgan fingerprint density at radius 2 is 0.938 bits per heavy atom. The average Bonchev–Trinajstić information content (AvgIpc) is 3.54. The van der Waals surface area contributed by atoms with Crippen molar-refractivity contribution in [2.24, 2.45) is 0 Å². The summed E-state index contributed by atoms with van der Waals surface area (Å²) < 4.78 is 51.6. The summed E-state index contributed by atoms with van der Waals surface area (Å²) in [4.78, 5) is 24.9. The van der Waals surface area contributed by atoms with Gasteiger partial charge < -0.3 is 29.6 Å². The molecule has 2 saturated heterocycles. The van der Waals surface area contributed by atoms with E-state index in [1.54, 1.807) is 0 Å². The summed E-state index contributed by atoms with van der Waals surface area (Å²) in [6.07, 6.45) is 25.9. The maximum atomic E-state index is 14.5. The lowest BCUT2D eigenvalue weighted by atomic mass is 10.1. The summed E-state index contributed by atoms with van der Waals surface area (Å²) in [7, 11) is 0. The van der Waals surface area contributed by atoms with Gasteiger partial charge in [-0.25, -0.2) is 8.78 Å². The molecule has 2 amide bonds. The van der Waals surface area contributed by atoms with Crippen LogP contribution in [-0.4, -0.2) is 62.9 Å². The van der Waals surface area contributed by atoms with Gasteiger partial charge in [-0.3, -0.25) is 9.59 Å². The fraction of sp³-hybridized carbons (Fsp3) is 0.842. The molecule has 8 nitrogen and oxygen atoms in total. The van der Waals surface area contributed by atoms with Crippen LogP contribution in [0.2, 0.25) is 0 Å². The monoisotopic (exact) mass is 682 g/mol. The van der Waals surface area contributed by atoms with Crippen LogP contribution >= 0.6 is 0 Å². The number of rotatable bonds is 25. The molecule has 10 heteroatoms. The number of halogens is 2. The highest BCUT2D eigenvalue weighted by molar-refractivity contribution is 5.92. The maximum absolute atomic E-state index is 14.5. The molecule has 3 aliphatic rings. The van der Waals surface area contributed by atoms with Gasteiger partial charge in [0, 0.05) is 38.5 Å². The Labute approximate surface area is 288 Å². The third-order valence-electron chi connectivity index (χ3n) is 9.56. The number of nitrogens with one attached hydrogen (secondary N) is 2. The largest absolute Gasteiger partial charge is 0.353 e. The molecule has 0 aromatic carbocycles. The normalized spacial score (nSPS) is 23.7. The molecule has 276 valence electrons. The molecule has 0 aromatic heterocycles. The molecule has 2 aliphatic heterocycles. The molecule has 2 N–H and O–H groups in total.